The van der Waals surface area contributed by atoms with E-state index in [0.29, 0.717) is 12.4 Å². The van der Waals surface area contributed by atoms with Crippen molar-refractivity contribution in [1.82, 2.24) is 9.97 Å². The molecule has 1 aromatic carbocycles. The van der Waals surface area contributed by atoms with Crippen LogP contribution in [0, 0.1) is 6.92 Å². The van der Waals surface area contributed by atoms with Crippen LogP contribution in [-0.4, -0.2) is 42.5 Å². The van der Waals surface area contributed by atoms with E-state index in [1.165, 1.54) is 11.1 Å². The van der Waals surface area contributed by atoms with E-state index < -0.39 is 9.84 Å². The molecule has 0 radical (unpaired) electrons. The maximum atomic E-state index is 11.6. The quantitative estimate of drug-likeness (QED) is 0.904. The molecule has 1 fully saturated rings. The van der Waals surface area contributed by atoms with Crippen LogP contribution in [0.4, 0.5) is 11.8 Å². The molecule has 0 saturated carbocycles. The largest absolute Gasteiger partial charge is 0.352 e. The van der Waals surface area contributed by atoms with Crippen LogP contribution in [0.2, 0.25) is 0 Å². The number of nitrogens with zero attached hydrogens (tertiary/aromatic N) is 3. The Morgan fingerprint density at radius 1 is 1.20 bits per heavy atom. The van der Waals surface area contributed by atoms with Crippen molar-refractivity contribution >= 4 is 21.6 Å². The lowest BCUT2D eigenvalue weighted by atomic mass is 10.00. The highest BCUT2D eigenvalue weighted by atomic mass is 32.2. The molecule has 1 atom stereocenters. The third-order valence-electron chi connectivity index (χ3n) is 4.86. The van der Waals surface area contributed by atoms with E-state index >= 15 is 0 Å². The lowest BCUT2D eigenvalue weighted by Gasteiger charge is -2.30. The first-order valence-corrected chi connectivity index (χ1v) is 10.4. The summed E-state index contributed by atoms with van der Waals surface area (Å²) < 4.78 is 23.3. The van der Waals surface area contributed by atoms with Crippen LogP contribution < -0.4 is 10.2 Å². The number of sulfone groups is 1. The van der Waals surface area contributed by atoms with Gasteiger partial charge in [-0.1, -0.05) is 24.3 Å². The molecule has 2 aromatic rings. The maximum absolute atomic E-state index is 11.6. The average molecular weight is 358 g/mol. The average Bonchev–Trinajstić information content (AvgIpc) is 2.92. The van der Waals surface area contributed by atoms with Gasteiger partial charge in [-0.05, 0) is 30.9 Å². The second-order valence-corrected chi connectivity index (χ2v) is 9.10. The van der Waals surface area contributed by atoms with Crippen LogP contribution in [0.15, 0.2) is 30.3 Å². The van der Waals surface area contributed by atoms with Gasteiger partial charge in [-0.25, -0.2) is 13.4 Å². The molecular weight excluding hydrogens is 336 g/mol. The fraction of sp³-hybridized carbons (Fsp3) is 0.444. The number of anilines is 2. The summed E-state index contributed by atoms with van der Waals surface area (Å²) in [6.45, 7) is 3.70. The Bertz CT molecular complexity index is 898. The smallest absolute Gasteiger partial charge is 0.225 e. The fourth-order valence-electron chi connectivity index (χ4n) is 3.56. The number of rotatable bonds is 3. The molecule has 0 spiro atoms. The van der Waals surface area contributed by atoms with E-state index in [2.05, 4.69) is 44.5 Å². The molecule has 0 bridgehead atoms. The molecule has 1 saturated heterocycles. The van der Waals surface area contributed by atoms with Crippen molar-refractivity contribution < 1.29 is 8.42 Å². The minimum Gasteiger partial charge on any atom is -0.352 e. The van der Waals surface area contributed by atoms with Crippen LogP contribution in [-0.2, 0) is 22.8 Å². The summed E-state index contributed by atoms with van der Waals surface area (Å²) in [5.74, 6) is 1.82. The van der Waals surface area contributed by atoms with Crippen LogP contribution in [0.3, 0.4) is 0 Å². The van der Waals surface area contributed by atoms with E-state index in [1.807, 2.05) is 13.0 Å². The van der Waals surface area contributed by atoms with Crippen LogP contribution in [0.1, 0.15) is 23.2 Å². The van der Waals surface area contributed by atoms with Gasteiger partial charge in [0.25, 0.3) is 0 Å². The minimum atomic E-state index is -2.92. The molecule has 6 nitrogen and oxygen atoms in total. The Kier molecular flexibility index (Phi) is 4.11. The number of nitrogens with one attached hydrogen (secondary N) is 1. The second kappa shape index (κ2) is 6.29. The maximum Gasteiger partial charge on any atom is 0.225 e. The lowest BCUT2D eigenvalue weighted by Crippen LogP contribution is -2.31. The van der Waals surface area contributed by atoms with Gasteiger partial charge in [0.15, 0.2) is 9.84 Å². The van der Waals surface area contributed by atoms with Crippen LogP contribution >= 0.6 is 0 Å². The SMILES string of the molecule is Cc1cc(N2CCc3ccccc3C2)nc(NC2CCS(=O)(=O)C2)n1. The molecule has 0 aliphatic carbocycles. The summed E-state index contributed by atoms with van der Waals surface area (Å²) >= 11 is 0. The van der Waals surface area contributed by atoms with E-state index in [1.54, 1.807) is 0 Å². The number of hydrogen-bond donors (Lipinski definition) is 1. The molecule has 2 aliphatic rings. The highest BCUT2D eigenvalue weighted by Crippen LogP contribution is 2.25. The van der Waals surface area contributed by atoms with Crippen molar-refractivity contribution in [2.45, 2.75) is 32.4 Å². The van der Waals surface area contributed by atoms with Crippen molar-refractivity contribution in [3.63, 3.8) is 0 Å². The van der Waals surface area contributed by atoms with E-state index in [4.69, 9.17) is 0 Å². The first kappa shape index (κ1) is 16.3. The number of benzene rings is 1. The van der Waals surface area contributed by atoms with Gasteiger partial charge in [0.05, 0.1) is 11.5 Å². The third kappa shape index (κ3) is 3.61. The Balaban J connectivity index is 1.54. The van der Waals surface area contributed by atoms with Crippen molar-refractivity contribution in [1.29, 1.82) is 0 Å². The molecule has 2 aliphatic heterocycles. The standard InChI is InChI=1S/C18H22N4O2S/c1-13-10-17(22-8-6-14-4-2-3-5-15(14)11-22)21-18(19-13)20-16-7-9-25(23,24)12-16/h2-5,10,16H,6-9,11-12H2,1H3,(H,19,20,21). The zero-order valence-corrected chi connectivity index (χ0v) is 15.1. The summed E-state index contributed by atoms with van der Waals surface area (Å²) in [6.07, 6.45) is 1.62. The summed E-state index contributed by atoms with van der Waals surface area (Å²) in [6, 6.07) is 10.4. The van der Waals surface area contributed by atoms with Crippen molar-refractivity contribution in [3.8, 4) is 0 Å². The molecule has 4 rings (SSSR count). The van der Waals surface area contributed by atoms with Gasteiger partial charge in [0, 0.05) is 30.9 Å². The minimum absolute atomic E-state index is 0.0956. The van der Waals surface area contributed by atoms with Gasteiger partial charge in [-0.15, -0.1) is 0 Å². The second-order valence-electron chi connectivity index (χ2n) is 6.88. The predicted molar refractivity (Wildman–Crippen MR) is 98.6 cm³/mol. The van der Waals surface area contributed by atoms with Gasteiger partial charge in [0.2, 0.25) is 5.95 Å². The molecule has 1 aromatic heterocycles. The third-order valence-corrected chi connectivity index (χ3v) is 6.63. The fourth-order valence-corrected chi connectivity index (χ4v) is 5.23. The Hall–Kier alpha value is -2.15. The summed E-state index contributed by atoms with van der Waals surface area (Å²) in [5.41, 5.74) is 3.62. The normalized spacial score (nSPS) is 21.8. The monoisotopic (exact) mass is 358 g/mol. The summed E-state index contributed by atoms with van der Waals surface area (Å²) in [7, 11) is -2.92. The molecule has 7 heteroatoms. The highest BCUT2D eigenvalue weighted by Gasteiger charge is 2.28. The first-order chi connectivity index (χ1) is 12.0. The molecule has 1 unspecified atom stereocenters. The van der Waals surface area contributed by atoms with Gasteiger partial charge in [-0.3, -0.25) is 0 Å². The zero-order valence-electron chi connectivity index (χ0n) is 14.3. The zero-order chi connectivity index (χ0) is 17.4. The number of aromatic nitrogens is 2. The highest BCUT2D eigenvalue weighted by molar-refractivity contribution is 7.91. The van der Waals surface area contributed by atoms with Gasteiger partial charge < -0.3 is 10.2 Å². The molecule has 25 heavy (non-hydrogen) atoms. The van der Waals surface area contributed by atoms with E-state index in [-0.39, 0.29) is 17.5 Å². The van der Waals surface area contributed by atoms with Gasteiger partial charge >= 0.3 is 0 Å². The molecule has 132 valence electrons. The number of hydrogen-bond acceptors (Lipinski definition) is 6. The summed E-state index contributed by atoms with van der Waals surface area (Å²) in [5, 5.41) is 3.21. The number of aryl methyl sites for hydroxylation is 1. The molecule has 0 amide bonds. The van der Waals surface area contributed by atoms with Crippen LogP contribution in [0.5, 0.6) is 0 Å². The Morgan fingerprint density at radius 3 is 2.76 bits per heavy atom. The molecule has 1 N–H and O–H groups in total. The Morgan fingerprint density at radius 2 is 2.00 bits per heavy atom. The van der Waals surface area contributed by atoms with Crippen molar-refractivity contribution in [3.05, 3.63) is 47.2 Å². The predicted octanol–water partition coefficient (Wildman–Crippen LogP) is 1.95. The summed E-state index contributed by atoms with van der Waals surface area (Å²) in [4.78, 5) is 11.3. The van der Waals surface area contributed by atoms with Gasteiger partial charge in [0.1, 0.15) is 5.82 Å². The van der Waals surface area contributed by atoms with E-state index in [9.17, 15) is 8.42 Å². The molecular formula is C18H22N4O2S. The van der Waals surface area contributed by atoms with Crippen LogP contribution in [0.25, 0.3) is 0 Å². The number of fused-ring (bicyclic) bond motifs is 1. The molecule has 3 heterocycles. The lowest BCUT2D eigenvalue weighted by molar-refractivity contribution is 0.602. The van der Waals surface area contributed by atoms with E-state index in [0.717, 1.165) is 31.0 Å². The Labute approximate surface area is 148 Å². The first-order valence-electron chi connectivity index (χ1n) is 8.63. The van der Waals surface area contributed by atoms with Gasteiger partial charge in [-0.2, -0.15) is 4.98 Å². The van der Waals surface area contributed by atoms with Crippen molar-refractivity contribution in [2.75, 3.05) is 28.3 Å². The van der Waals surface area contributed by atoms with Crippen molar-refractivity contribution in [2.24, 2.45) is 0 Å². The topological polar surface area (TPSA) is 75.2 Å².